The summed E-state index contributed by atoms with van der Waals surface area (Å²) in [6, 6.07) is 9.04. The highest BCUT2D eigenvalue weighted by Gasteiger charge is 2.16. The van der Waals surface area contributed by atoms with Crippen LogP contribution < -0.4 is 15.5 Å². The van der Waals surface area contributed by atoms with Gasteiger partial charge >= 0.3 is 4.87 Å². The van der Waals surface area contributed by atoms with Crippen molar-refractivity contribution in [3.8, 4) is 0 Å². The number of aromatic nitrogens is 1. The molecule has 0 bridgehead atoms. The van der Waals surface area contributed by atoms with Crippen LogP contribution in [0.4, 0.5) is 0 Å². The second-order valence-corrected chi connectivity index (χ2v) is 5.70. The van der Waals surface area contributed by atoms with Crippen LogP contribution in [0.3, 0.4) is 0 Å². The molecule has 2 heterocycles. The lowest BCUT2D eigenvalue weighted by molar-refractivity contribution is 0.446. The molecule has 1 aromatic carbocycles. The first kappa shape index (κ1) is 12.6. The molecule has 3 rings (SSSR count). The van der Waals surface area contributed by atoms with E-state index in [0.717, 1.165) is 31.7 Å². The van der Waals surface area contributed by atoms with E-state index in [-0.39, 0.29) is 4.87 Å². The molecule has 1 aliphatic heterocycles. The van der Waals surface area contributed by atoms with Crippen molar-refractivity contribution in [2.24, 2.45) is 0 Å². The fourth-order valence-electron chi connectivity index (χ4n) is 2.45. The van der Waals surface area contributed by atoms with E-state index in [0.29, 0.717) is 6.04 Å². The standard InChI is InChI=1S/C14H17N3OS/c18-14-17-13(9-19-14)8-15-7-12-5-10-3-1-2-4-11(10)6-16-12/h1-4,9,12,15-16H,5-8H2,(H,17,18). The molecule has 4 nitrogen and oxygen atoms in total. The molecule has 0 saturated carbocycles. The minimum Gasteiger partial charge on any atom is -0.315 e. The third kappa shape index (κ3) is 3.12. The number of hydrogen-bond acceptors (Lipinski definition) is 4. The molecule has 0 spiro atoms. The van der Waals surface area contributed by atoms with Crippen molar-refractivity contribution >= 4 is 11.3 Å². The van der Waals surface area contributed by atoms with Crippen LogP contribution in [0.5, 0.6) is 0 Å². The Morgan fingerprint density at radius 3 is 2.95 bits per heavy atom. The van der Waals surface area contributed by atoms with Crippen molar-refractivity contribution in [2.75, 3.05) is 6.54 Å². The zero-order chi connectivity index (χ0) is 13.1. The van der Waals surface area contributed by atoms with E-state index in [1.807, 2.05) is 5.38 Å². The first-order valence-corrected chi connectivity index (χ1v) is 7.37. The molecule has 100 valence electrons. The maximum atomic E-state index is 11.0. The summed E-state index contributed by atoms with van der Waals surface area (Å²) in [5.41, 5.74) is 3.81. The highest BCUT2D eigenvalue weighted by molar-refractivity contribution is 7.07. The quantitative estimate of drug-likeness (QED) is 0.787. The van der Waals surface area contributed by atoms with Gasteiger partial charge in [0.25, 0.3) is 0 Å². The summed E-state index contributed by atoms with van der Waals surface area (Å²) in [7, 11) is 0. The van der Waals surface area contributed by atoms with Crippen molar-refractivity contribution in [2.45, 2.75) is 25.6 Å². The Morgan fingerprint density at radius 2 is 2.16 bits per heavy atom. The fourth-order valence-corrected chi connectivity index (χ4v) is 3.03. The Morgan fingerprint density at radius 1 is 1.32 bits per heavy atom. The van der Waals surface area contributed by atoms with Crippen LogP contribution in [0.2, 0.25) is 0 Å². The van der Waals surface area contributed by atoms with Crippen LogP contribution in [0.15, 0.2) is 34.4 Å². The maximum Gasteiger partial charge on any atom is 0.304 e. The molecule has 0 amide bonds. The summed E-state index contributed by atoms with van der Waals surface area (Å²) >= 11 is 1.21. The Bertz CT molecular complexity index is 604. The lowest BCUT2D eigenvalue weighted by atomic mass is 9.96. The highest BCUT2D eigenvalue weighted by atomic mass is 32.1. The summed E-state index contributed by atoms with van der Waals surface area (Å²) < 4.78 is 0. The van der Waals surface area contributed by atoms with Gasteiger partial charge in [-0.15, -0.1) is 0 Å². The van der Waals surface area contributed by atoms with Crippen molar-refractivity contribution in [1.82, 2.24) is 15.6 Å². The maximum absolute atomic E-state index is 11.0. The SMILES string of the molecule is O=c1[nH]c(CNCC2Cc3ccccc3CN2)cs1. The molecule has 0 saturated heterocycles. The van der Waals surface area contributed by atoms with Gasteiger partial charge in [0.15, 0.2) is 0 Å². The molecule has 5 heteroatoms. The summed E-state index contributed by atoms with van der Waals surface area (Å²) in [6.07, 6.45) is 1.06. The summed E-state index contributed by atoms with van der Waals surface area (Å²) in [6.45, 7) is 2.57. The number of H-pyrrole nitrogens is 1. The predicted molar refractivity (Wildman–Crippen MR) is 77.4 cm³/mol. The Labute approximate surface area is 115 Å². The third-order valence-electron chi connectivity index (χ3n) is 3.44. The summed E-state index contributed by atoms with van der Waals surface area (Å²) in [5.74, 6) is 0. The van der Waals surface area contributed by atoms with Gasteiger partial charge in [0.1, 0.15) is 0 Å². The Kier molecular flexibility index (Phi) is 3.77. The molecular weight excluding hydrogens is 258 g/mol. The topological polar surface area (TPSA) is 56.9 Å². The van der Waals surface area contributed by atoms with Gasteiger partial charge in [-0.1, -0.05) is 35.6 Å². The number of nitrogens with one attached hydrogen (secondary N) is 3. The average molecular weight is 275 g/mol. The second-order valence-electron chi connectivity index (χ2n) is 4.85. The lowest BCUT2D eigenvalue weighted by Gasteiger charge is -2.26. The van der Waals surface area contributed by atoms with E-state index >= 15 is 0 Å². The fraction of sp³-hybridized carbons (Fsp3) is 0.357. The zero-order valence-corrected chi connectivity index (χ0v) is 11.4. The highest BCUT2D eigenvalue weighted by Crippen LogP contribution is 2.15. The first-order chi connectivity index (χ1) is 9.31. The largest absolute Gasteiger partial charge is 0.315 e. The van der Waals surface area contributed by atoms with Gasteiger partial charge in [-0.25, -0.2) is 0 Å². The van der Waals surface area contributed by atoms with E-state index < -0.39 is 0 Å². The Hall–Kier alpha value is -1.43. The van der Waals surface area contributed by atoms with Gasteiger partial charge in [0.05, 0.1) is 0 Å². The number of aromatic amines is 1. The van der Waals surface area contributed by atoms with E-state index in [1.165, 1.54) is 22.5 Å². The van der Waals surface area contributed by atoms with Gasteiger partial charge in [-0.2, -0.15) is 0 Å². The van der Waals surface area contributed by atoms with E-state index in [4.69, 9.17) is 0 Å². The molecule has 1 atom stereocenters. The van der Waals surface area contributed by atoms with Crippen LogP contribution in [-0.4, -0.2) is 17.6 Å². The van der Waals surface area contributed by atoms with Crippen molar-refractivity contribution < 1.29 is 0 Å². The van der Waals surface area contributed by atoms with Crippen molar-refractivity contribution in [3.63, 3.8) is 0 Å². The molecule has 0 radical (unpaired) electrons. The molecule has 0 fully saturated rings. The smallest absolute Gasteiger partial charge is 0.304 e. The molecule has 19 heavy (non-hydrogen) atoms. The van der Waals surface area contributed by atoms with Crippen LogP contribution in [0.1, 0.15) is 16.8 Å². The molecule has 1 aliphatic rings. The van der Waals surface area contributed by atoms with Gasteiger partial charge in [-0.05, 0) is 17.5 Å². The molecule has 1 unspecified atom stereocenters. The third-order valence-corrected chi connectivity index (χ3v) is 4.16. The summed E-state index contributed by atoms with van der Waals surface area (Å²) in [4.78, 5) is 13.8. The van der Waals surface area contributed by atoms with Crippen molar-refractivity contribution in [1.29, 1.82) is 0 Å². The minimum atomic E-state index is 0.0153. The molecule has 3 N–H and O–H groups in total. The lowest BCUT2D eigenvalue weighted by Crippen LogP contribution is -2.42. The molecular formula is C14H17N3OS. The van der Waals surface area contributed by atoms with Crippen LogP contribution in [-0.2, 0) is 19.5 Å². The number of fused-ring (bicyclic) bond motifs is 1. The molecule has 1 aromatic heterocycles. The normalized spacial score (nSPS) is 18.2. The molecule has 0 aliphatic carbocycles. The van der Waals surface area contributed by atoms with Gasteiger partial charge < -0.3 is 15.6 Å². The zero-order valence-electron chi connectivity index (χ0n) is 10.6. The average Bonchev–Trinajstić information content (AvgIpc) is 2.84. The van der Waals surface area contributed by atoms with E-state index in [1.54, 1.807) is 0 Å². The monoisotopic (exact) mass is 275 g/mol. The number of benzene rings is 1. The second kappa shape index (κ2) is 5.69. The number of hydrogen-bond donors (Lipinski definition) is 3. The van der Waals surface area contributed by atoms with Crippen LogP contribution in [0.25, 0.3) is 0 Å². The van der Waals surface area contributed by atoms with Gasteiger partial charge in [-0.3, -0.25) is 4.79 Å². The number of rotatable bonds is 4. The predicted octanol–water partition coefficient (Wildman–Crippen LogP) is 1.24. The molecule has 2 aromatic rings. The van der Waals surface area contributed by atoms with E-state index in [9.17, 15) is 4.79 Å². The van der Waals surface area contributed by atoms with Gasteiger partial charge in [0, 0.05) is 36.8 Å². The van der Waals surface area contributed by atoms with Gasteiger partial charge in [0.2, 0.25) is 0 Å². The minimum absolute atomic E-state index is 0.0153. The van der Waals surface area contributed by atoms with Crippen LogP contribution >= 0.6 is 11.3 Å². The Balaban J connectivity index is 1.51. The van der Waals surface area contributed by atoms with Crippen molar-refractivity contribution in [3.05, 3.63) is 56.1 Å². The summed E-state index contributed by atoms with van der Waals surface area (Å²) in [5, 5.41) is 8.80. The first-order valence-electron chi connectivity index (χ1n) is 6.49. The van der Waals surface area contributed by atoms with E-state index in [2.05, 4.69) is 39.9 Å². The number of thiazole rings is 1. The van der Waals surface area contributed by atoms with Crippen LogP contribution in [0, 0.1) is 0 Å².